The van der Waals surface area contributed by atoms with Crippen LogP contribution in [0.25, 0.3) is 0 Å². The number of imide groups is 1. The molecule has 6 nitrogen and oxygen atoms in total. The Kier molecular flexibility index (Phi) is 6.52. The molecule has 2 amide bonds. The Morgan fingerprint density at radius 3 is 2.44 bits per heavy atom. The van der Waals surface area contributed by atoms with Crippen molar-refractivity contribution in [2.45, 2.75) is 38.2 Å². The fourth-order valence-corrected chi connectivity index (χ4v) is 3.82. The van der Waals surface area contributed by atoms with Gasteiger partial charge in [0.2, 0.25) is 5.91 Å². The van der Waals surface area contributed by atoms with Crippen LogP contribution in [0.15, 0.2) is 84.9 Å². The Morgan fingerprint density at radius 1 is 1.03 bits per heavy atom. The third-order valence-corrected chi connectivity index (χ3v) is 5.53. The monoisotopic (exact) mass is 431 g/mol. The van der Waals surface area contributed by atoms with Crippen LogP contribution in [0.4, 0.5) is 4.79 Å². The molecule has 1 saturated heterocycles. The average molecular weight is 431 g/mol. The minimum Gasteiger partial charge on any atom is -0.489 e. The maximum Gasteiger partial charge on any atom is 0.417 e. The van der Waals surface area contributed by atoms with E-state index in [1.807, 2.05) is 60.7 Å². The van der Waals surface area contributed by atoms with E-state index in [2.05, 4.69) is 0 Å². The molecule has 0 saturated carbocycles. The van der Waals surface area contributed by atoms with E-state index in [4.69, 9.17) is 9.47 Å². The van der Waals surface area contributed by atoms with Crippen LogP contribution in [0.2, 0.25) is 0 Å². The first-order valence-electron chi connectivity index (χ1n) is 10.6. The summed E-state index contributed by atoms with van der Waals surface area (Å²) in [6.45, 7) is 2.17. The molecule has 6 heteroatoms. The molecule has 1 aliphatic heterocycles. The first kappa shape index (κ1) is 21.6. The number of hydrogen-bond acceptors (Lipinski definition) is 5. The summed E-state index contributed by atoms with van der Waals surface area (Å²) in [5, 5.41) is 10.7. The van der Waals surface area contributed by atoms with E-state index in [1.165, 1.54) is 0 Å². The van der Waals surface area contributed by atoms with Gasteiger partial charge in [0.05, 0.1) is 18.6 Å². The van der Waals surface area contributed by atoms with Gasteiger partial charge in [-0.3, -0.25) is 4.79 Å². The Hall–Kier alpha value is -3.64. The zero-order valence-electron chi connectivity index (χ0n) is 17.8. The van der Waals surface area contributed by atoms with Crippen molar-refractivity contribution in [1.82, 2.24) is 4.90 Å². The van der Waals surface area contributed by atoms with E-state index in [-0.39, 0.29) is 6.42 Å². The Balaban J connectivity index is 1.39. The van der Waals surface area contributed by atoms with E-state index in [0.717, 1.165) is 16.0 Å². The van der Waals surface area contributed by atoms with Crippen molar-refractivity contribution in [2.75, 3.05) is 0 Å². The van der Waals surface area contributed by atoms with Gasteiger partial charge in [-0.2, -0.15) is 0 Å². The lowest BCUT2D eigenvalue weighted by Gasteiger charge is -2.21. The molecule has 1 heterocycles. The number of aliphatic hydroxyl groups is 1. The first-order chi connectivity index (χ1) is 15.5. The fourth-order valence-electron chi connectivity index (χ4n) is 3.82. The second kappa shape index (κ2) is 9.66. The highest BCUT2D eigenvalue weighted by Gasteiger charge is 2.43. The number of carbonyl (C=O) groups is 2. The Morgan fingerprint density at radius 2 is 1.72 bits per heavy atom. The van der Waals surface area contributed by atoms with E-state index in [0.29, 0.717) is 17.9 Å². The van der Waals surface area contributed by atoms with Crippen LogP contribution in [-0.4, -0.2) is 28.0 Å². The van der Waals surface area contributed by atoms with Crippen molar-refractivity contribution in [1.29, 1.82) is 0 Å². The van der Waals surface area contributed by atoms with Gasteiger partial charge < -0.3 is 14.6 Å². The minimum atomic E-state index is -1.07. The van der Waals surface area contributed by atoms with Crippen molar-refractivity contribution in [2.24, 2.45) is 0 Å². The molecular weight excluding hydrogens is 406 g/mol. The molecule has 4 rings (SSSR count). The summed E-state index contributed by atoms with van der Waals surface area (Å²) in [6, 6.07) is 25.6. The van der Waals surface area contributed by atoms with E-state index >= 15 is 0 Å². The Labute approximate surface area is 187 Å². The lowest BCUT2D eigenvalue weighted by atomic mass is 10.0. The fraction of sp³-hybridized carbons (Fsp3) is 0.231. The summed E-state index contributed by atoms with van der Waals surface area (Å²) in [6.07, 6.45) is -2.52. The van der Waals surface area contributed by atoms with Crippen LogP contribution in [0, 0.1) is 0 Å². The minimum absolute atomic E-state index is 0.233. The van der Waals surface area contributed by atoms with Gasteiger partial charge in [0, 0.05) is 0 Å². The quantitative estimate of drug-likeness (QED) is 0.582. The zero-order valence-corrected chi connectivity index (χ0v) is 17.8. The summed E-state index contributed by atoms with van der Waals surface area (Å²) in [7, 11) is 0. The third kappa shape index (κ3) is 4.81. The SMILES string of the molecule is CC1C(c2ccccc2)OC(=O)N1C(=O)CC(O)c1cccc(OCc2ccccc2)c1. The smallest absolute Gasteiger partial charge is 0.417 e. The summed E-state index contributed by atoms with van der Waals surface area (Å²) >= 11 is 0. The molecule has 1 aliphatic rings. The van der Waals surface area contributed by atoms with Crippen LogP contribution in [0.3, 0.4) is 0 Å². The van der Waals surface area contributed by atoms with Crippen molar-refractivity contribution in [3.63, 3.8) is 0 Å². The molecule has 1 fully saturated rings. The lowest BCUT2D eigenvalue weighted by molar-refractivity contribution is -0.131. The molecular formula is C26H25NO5. The summed E-state index contributed by atoms with van der Waals surface area (Å²) in [4.78, 5) is 26.3. The molecule has 3 aromatic rings. The highest BCUT2D eigenvalue weighted by molar-refractivity contribution is 5.94. The van der Waals surface area contributed by atoms with Crippen LogP contribution >= 0.6 is 0 Å². The predicted octanol–water partition coefficient (Wildman–Crippen LogP) is 4.80. The number of aliphatic hydroxyl groups excluding tert-OH is 1. The molecule has 3 aromatic carbocycles. The number of benzene rings is 3. The lowest BCUT2D eigenvalue weighted by Crippen LogP contribution is -2.38. The molecule has 32 heavy (non-hydrogen) atoms. The van der Waals surface area contributed by atoms with Crippen molar-refractivity contribution >= 4 is 12.0 Å². The molecule has 0 aliphatic carbocycles. The molecule has 1 N–H and O–H groups in total. The van der Waals surface area contributed by atoms with Gasteiger partial charge >= 0.3 is 6.09 Å². The topological polar surface area (TPSA) is 76.1 Å². The number of amides is 2. The highest BCUT2D eigenvalue weighted by Crippen LogP contribution is 2.33. The predicted molar refractivity (Wildman–Crippen MR) is 119 cm³/mol. The van der Waals surface area contributed by atoms with E-state index in [9.17, 15) is 14.7 Å². The zero-order chi connectivity index (χ0) is 22.5. The summed E-state index contributed by atoms with van der Waals surface area (Å²) in [5.74, 6) is 0.111. The van der Waals surface area contributed by atoms with Gasteiger partial charge in [-0.25, -0.2) is 9.69 Å². The van der Waals surface area contributed by atoms with Gasteiger partial charge in [0.15, 0.2) is 0 Å². The average Bonchev–Trinajstić information content (AvgIpc) is 3.13. The molecule has 3 atom stereocenters. The maximum atomic E-state index is 12.9. The van der Waals surface area contributed by atoms with E-state index in [1.54, 1.807) is 31.2 Å². The second-order valence-electron chi connectivity index (χ2n) is 7.79. The van der Waals surface area contributed by atoms with Crippen molar-refractivity contribution in [3.8, 4) is 5.75 Å². The van der Waals surface area contributed by atoms with Gasteiger partial charge in [-0.15, -0.1) is 0 Å². The number of carbonyl (C=O) groups excluding carboxylic acids is 2. The van der Waals surface area contributed by atoms with Crippen molar-refractivity contribution in [3.05, 3.63) is 102 Å². The van der Waals surface area contributed by atoms with Crippen LogP contribution < -0.4 is 4.74 Å². The normalized spacial score (nSPS) is 18.8. The first-order valence-corrected chi connectivity index (χ1v) is 10.6. The van der Waals surface area contributed by atoms with Gasteiger partial charge in [0.25, 0.3) is 0 Å². The third-order valence-electron chi connectivity index (χ3n) is 5.53. The summed E-state index contributed by atoms with van der Waals surface area (Å²) in [5.41, 5.74) is 2.40. The van der Waals surface area contributed by atoms with Gasteiger partial charge in [0.1, 0.15) is 18.5 Å². The number of rotatable bonds is 7. The highest BCUT2D eigenvalue weighted by atomic mass is 16.6. The van der Waals surface area contributed by atoms with Crippen LogP contribution in [0.5, 0.6) is 5.75 Å². The van der Waals surface area contributed by atoms with Crippen LogP contribution in [0.1, 0.15) is 42.2 Å². The second-order valence-corrected chi connectivity index (χ2v) is 7.79. The number of nitrogens with zero attached hydrogens (tertiary/aromatic N) is 1. The number of hydrogen-bond donors (Lipinski definition) is 1. The van der Waals surface area contributed by atoms with Gasteiger partial charge in [-0.1, -0.05) is 72.8 Å². The van der Waals surface area contributed by atoms with Gasteiger partial charge in [-0.05, 0) is 35.7 Å². The van der Waals surface area contributed by atoms with Crippen LogP contribution in [-0.2, 0) is 16.1 Å². The van der Waals surface area contributed by atoms with Crippen molar-refractivity contribution < 1.29 is 24.2 Å². The Bertz CT molecular complexity index is 1070. The largest absolute Gasteiger partial charge is 0.489 e. The summed E-state index contributed by atoms with van der Waals surface area (Å²) < 4.78 is 11.2. The standard InChI is InChI=1S/C26H25NO5/c1-18-25(20-11-6-3-7-12-20)32-26(30)27(18)24(29)16-23(28)21-13-8-14-22(15-21)31-17-19-9-4-2-5-10-19/h2-15,18,23,25,28H,16-17H2,1H3. The number of ether oxygens (including phenoxy) is 2. The molecule has 164 valence electrons. The molecule has 0 spiro atoms. The maximum absolute atomic E-state index is 12.9. The number of cyclic esters (lactones) is 1. The molecule has 0 aromatic heterocycles. The molecule has 0 radical (unpaired) electrons. The molecule has 0 bridgehead atoms. The van der Waals surface area contributed by atoms with E-state index < -0.39 is 30.3 Å². The molecule has 3 unspecified atom stereocenters.